The van der Waals surface area contributed by atoms with Gasteiger partial charge in [0.1, 0.15) is 0 Å². The smallest absolute Gasteiger partial charge is 0.191 e. The van der Waals surface area contributed by atoms with Crippen molar-refractivity contribution in [2.75, 3.05) is 53.4 Å². The molecule has 1 heterocycles. The molecular formula is C19H33N5. The van der Waals surface area contributed by atoms with Crippen LogP contribution in [0.3, 0.4) is 0 Å². The Morgan fingerprint density at radius 2 is 1.92 bits per heavy atom. The Morgan fingerprint density at radius 3 is 2.54 bits per heavy atom. The number of nitrogens with zero attached hydrogens (tertiary/aromatic N) is 3. The third-order valence-electron chi connectivity index (χ3n) is 4.78. The van der Waals surface area contributed by atoms with Crippen LogP contribution in [0.25, 0.3) is 0 Å². The summed E-state index contributed by atoms with van der Waals surface area (Å²) in [6, 6.07) is 11.2. The van der Waals surface area contributed by atoms with Crippen molar-refractivity contribution in [1.29, 1.82) is 0 Å². The molecule has 0 bridgehead atoms. The van der Waals surface area contributed by atoms with Crippen molar-refractivity contribution in [3.63, 3.8) is 0 Å². The van der Waals surface area contributed by atoms with E-state index in [1.807, 2.05) is 7.05 Å². The quantitative estimate of drug-likeness (QED) is 0.564. The fourth-order valence-electron chi connectivity index (χ4n) is 3.12. The summed E-state index contributed by atoms with van der Waals surface area (Å²) < 4.78 is 0. The van der Waals surface area contributed by atoms with Crippen LogP contribution in [0.4, 0.5) is 0 Å². The van der Waals surface area contributed by atoms with Gasteiger partial charge in [0.05, 0.1) is 6.04 Å². The first kappa shape index (κ1) is 18.7. The van der Waals surface area contributed by atoms with Crippen LogP contribution in [-0.2, 0) is 0 Å². The third-order valence-corrected chi connectivity index (χ3v) is 4.78. The van der Waals surface area contributed by atoms with Gasteiger partial charge in [-0.3, -0.25) is 9.89 Å². The topological polar surface area (TPSA) is 42.9 Å². The first-order valence-corrected chi connectivity index (χ1v) is 9.16. The average molecular weight is 332 g/mol. The molecule has 0 aromatic heterocycles. The largest absolute Gasteiger partial charge is 0.355 e. The highest BCUT2D eigenvalue weighted by Gasteiger charge is 2.23. The lowest BCUT2D eigenvalue weighted by Gasteiger charge is -2.29. The van der Waals surface area contributed by atoms with Crippen LogP contribution in [0.1, 0.15) is 31.4 Å². The number of rotatable bonds is 8. The Balaban J connectivity index is 1.89. The van der Waals surface area contributed by atoms with E-state index < -0.39 is 0 Å². The van der Waals surface area contributed by atoms with Gasteiger partial charge in [-0.1, -0.05) is 37.3 Å². The first-order chi connectivity index (χ1) is 11.7. The molecule has 1 saturated heterocycles. The van der Waals surface area contributed by atoms with Gasteiger partial charge < -0.3 is 15.5 Å². The van der Waals surface area contributed by atoms with Crippen LogP contribution in [0.5, 0.6) is 0 Å². The third kappa shape index (κ3) is 5.80. The van der Waals surface area contributed by atoms with Gasteiger partial charge in [-0.25, -0.2) is 0 Å². The maximum Gasteiger partial charge on any atom is 0.191 e. The molecule has 0 saturated carbocycles. The van der Waals surface area contributed by atoms with Crippen LogP contribution in [0, 0.1) is 0 Å². The zero-order valence-electron chi connectivity index (χ0n) is 15.5. The van der Waals surface area contributed by atoms with Gasteiger partial charge >= 0.3 is 0 Å². The van der Waals surface area contributed by atoms with E-state index >= 15 is 0 Å². The summed E-state index contributed by atoms with van der Waals surface area (Å²) in [5.41, 5.74) is 1.38. The van der Waals surface area contributed by atoms with E-state index in [4.69, 9.17) is 0 Å². The maximum atomic E-state index is 4.36. The summed E-state index contributed by atoms with van der Waals surface area (Å²) >= 11 is 0. The van der Waals surface area contributed by atoms with Crippen molar-refractivity contribution >= 4 is 5.96 Å². The molecule has 1 aliphatic rings. The molecule has 0 amide bonds. The van der Waals surface area contributed by atoms with E-state index in [1.165, 1.54) is 31.5 Å². The second-order valence-electron chi connectivity index (χ2n) is 6.45. The first-order valence-electron chi connectivity index (χ1n) is 9.16. The predicted octanol–water partition coefficient (Wildman–Crippen LogP) is 1.94. The van der Waals surface area contributed by atoms with Crippen LogP contribution in [-0.4, -0.2) is 69.1 Å². The Bertz CT molecular complexity index is 482. The molecule has 2 N–H and O–H groups in total. The van der Waals surface area contributed by atoms with E-state index in [0.29, 0.717) is 6.04 Å². The Morgan fingerprint density at radius 1 is 1.21 bits per heavy atom. The van der Waals surface area contributed by atoms with Crippen molar-refractivity contribution in [1.82, 2.24) is 20.4 Å². The molecule has 1 atom stereocenters. The predicted molar refractivity (Wildman–Crippen MR) is 103 cm³/mol. The zero-order chi connectivity index (χ0) is 17.2. The number of hydrogen-bond donors (Lipinski definition) is 2. The van der Waals surface area contributed by atoms with Gasteiger partial charge in [0.25, 0.3) is 0 Å². The summed E-state index contributed by atoms with van der Waals surface area (Å²) in [6.07, 6.45) is 2.61. The lowest BCUT2D eigenvalue weighted by molar-refractivity contribution is 0.245. The molecule has 2 rings (SSSR count). The lowest BCUT2D eigenvalue weighted by Crippen LogP contribution is -2.44. The highest BCUT2D eigenvalue weighted by atomic mass is 15.2. The van der Waals surface area contributed by atoms with E-state index in [9.17, 15) is 0 Å². The van der Waals surface area contributed by atoms with Crippen molar-refractivity contribution in [3.8, 4) is 0 Å². The zero-order valence-corrected chi connectivity index (χ0v) is 15.5. The second-order valence-corrected chi connectivity index (χ2v) is 6.45. The SMILES string of the molecule is CCN(C)CCNC(=NC)NCC(c1ccccc1)N1CCCC1. The number of benzene rings is 1. The van der Waals surface area contributed by atoms with Gasteiger partial charge in [-0.15, -0.1) is 0 Å². The van der Waals surface area contributed by atoms with Crippen LogP contribution in [0.2, 0.25) is 0 Å². The Labute approximate surface area is 147 Å². The summed E-state index contributed by atoms with van der Waals surface area (Å²) in [6.45, 7) is 8.43. The van der Waals surface area contributed by atoms with E-state index in [2.05, 4.69) is 69.7 Å². The molecule has 134 valence electrons. The van der Waals surface area contributed by atoms with Crippen LogP contribution < -0.4 is 10.6 Å². The molecule has 1 fully saturated rings. The molecule has 1 aliphatic heterocycles. The van der Waals surface area contributed by atoms with E-state index in [-0.39, 0.29) is 0 Å². The monoisotopic (exact) mass is 331 g/mol. The minimum absolute atomic E-state index is 0.408. The van der Waals surface area contributed by atoms with Gasteiger partial charge in [0.2, 0.25) is 0 Å². The van der Waals surface area contributed by atoms with Gasteiger partial charge in [0, 0.05) is 26.7 Å². The molecule has 1 aromatic carbocycles. The highest BCUT2D eigenvalue weighted by Crippen LogP contribution is 2.24. The second kappa shape index (κ2) is 10.3. The minimum Gasteiger partial charge on any atom is -0.355 e. The van der Waals surface area contributed by atoms with Crippen molar-refractivity contribution in [2.24, 2.45) is 4.99 Å². The number of nitrogens with one attached hydrogen (secondary N) is 2. The average Bonchev–Trinajstić information content (AvgIpc) is 3.15. The molecule has 0 aliphatic carbocycles. The van der Waals surface area contributed by atoms with Crippen molar-refractivity contribution < 1.29 is 0 Å². The molecule has 0 radical (unpaired) electrons. The van der Waals surface area contributed by atoms with Gasteiger partial charge in [0.15, 0.2) is 5.96 Å². The van der Waals surface area contributed by atoms with Crippen LogP contribution in [0.15, 0.2) is 35.3 Å². The summed E-state index contributed by atoms with van der Waals surface area (Å²) in [7, 11) is 3.98. The normalized spacial score (nSPS) is 17.2. The number of hydrogen-bond acceptors (Lipinski definition) is 3. The molecule has 0 spiro atoms. The molecular weight excluding hydrogens is 298 g/mol. The van der Waals surface area contributed by atoms with Gasteiger partial charge in [-0.2, -0.15) is 0 Å². The van der Waals surface area contributed by atoms with Crippen LogP contribution >= 0.6 is 0 Å². The fraction of sp³-hybridized carbons (Fsp3) is 0.632. The number of aliphatic imine (C=N–C) groups is 1. The minimum atomic E-state index is 0.408. The molecule has 5 nitrogen and oxygen atoms in total. The van der Waals surface area contributed by atoms with E-state index in [1.54, 1.807) is 0 Å². The van der Waals surface area contributed by atoms with Gasteiger partial charge in [-0.05, 0) is 45.1 Å². The van der Waals surface area contributed by atoms with Crippen molar-refractivity contribution in [2.45, 2.75) is 25.8 Å². The lowest BCUT2D eigenvalue weighted by atomic mass is 10.1. The molecule has 1 aromatic rings. The summed E-state index contributed by atoms with van der Waals surface area (Å²) in [4.78, 5) is 9.23. The maximum absolute atomic E-state index is 4.36. The van der Waals surface area contributed by atoms with Crippen molar-refractivity contribution in [3.05, 3.63) is 35.9 Å². The number of likely N-dealkylation sites (tertiary alicyclic amines) is 1. The standard InChI is InChI=1S/C19H33N5/c1-4-23(3)15-12-21-19(20-2)22-16-18(24-13-8-9-14-24)17-10-6-5-7-11-17/h5-7,10-11,18H,4,8-9,12-16H2,1-3H3,(H2,20,21,22). The Kier molecular flexibility index (Phi) is 8.05. The Hall–Kier alpha value is -1.59. The molecule has 5 heteroatoms. The summed E-state index contributed by atoms with van der Waals surface area (Å²) in [5.74, 6) is 0.889. The van der Waals surface area contributed by atoms with E-state index in [0.717, 1.165) is 32.1 Å². The molecule has 24 heavy (non-hydrogen) atoms. The fourth-order valence-corrected chi connectivity index (χ4v) is 3.12. The highest BCUT2D eigenvalue weighted by molar-refractivity contribution is 5.79. The number of guanidine groups is 1. The molecule has 1 unspecified atom stereocenters. The number of likely N-dealkylation sites (N-methyl/N-ethyl adjacent to an activating group) is 1. The summed E-state index contributed by atoms with van der Waals surface area (Å²) in [5, 5.41) is 6.93.